The molecule has 3 rings (SSSR count). The summed E-state index contributed by atoms with van der Waals surface area (Å²) in [5.74, 6) is 2.49. The van der Waals surface area contributed by atoms with E-state index in [-0.39, 0.29) is 5.91 Å². The van der Waals surface area contributed by atoms with Crippen LogP contribution in [0.3, 0.4) is 0 Å². The highest BCUT2D eigenvalue weighted by atomic mass is 35.5. The van der Waals surface area contributed by atoms with Crippen LogP contribution in [0, 0.1) is 13.8 Å². The predicted molar refractivity (Wildman–Crippen MR) is 111 cm³/mol. The fourth-order valence-corrected chi connectivity index (χ4v) is 2.75. The lowest BCUT2D eigenvalue weighted by Gasteiger charge is -2.11. The minimum absolute atomic E-state index is 0.170. The van der Waals surface area contributed by atoms with Gasteiger partial charge in [-0.15, -0.1) is 0 Å². The van der Waals surface area contributed by atoms with E-state index in [1.807, 2.05) is 26.0 Å². The second-order valence-electron chi connectivity index (χ2n) is 6.22. The number of rotatable bonds is 7. The topological polar surface area (TPSA) is 91.8 Å². The molecule has 0 aliphatic heterocycles. The molecule has 0 saturated carbocycles. The summed E-state index contributed by atoms with van der Waals surface area (Å²) in [4.78, 5) is 25.1. The first-order valence-corrected chi connectivity index (χ1v) is 9.20. The number of benzene rings is 1. The van der Waals surface area contributed by atoms with Gasteiger partial charge in [-0.1, -0.05) is 17.7 Å². The first-order chi connectivity index (χ1) is 13.5. The Kier molecular flexibility index (Phi) is 6.39. The molecule has 0 fully saturated rings. The van der Waals surface area contributed by atoms with Crippen molar-refractivity contribution < 1.29 is 4.79 Å². The number of aryl methyl sites for hydroxylation is 2. The van der Waals surface area contributed by atoms with Crippen LogP contribution in [0.5, 0.6) is 0 Å². The second-order valence-corrected chi connectivity index (χ2v) is 6.66. The molecular formula is C20H21ClN6O. The molecule has 8 heteroatoms. The minimum atomic E-state index is -0.170. The molecule has 2 aromatic heterocycles. The van der Waals surface area contributed by atoms with Crippen LogP contribution in [-0.2, 0) is 0 Å². The molecule has 0 aliphatic carbocycles. The van der Waals surface area contributed by atoms with Gasteiger partial charge in [-0.3, -0.25) is 4.79 Å². The number of anilines is 3. The molecule has 3 N–H and O–H groups in total. The maximum Gasteiger partial charge on any atom is 0.251 e. The van der Waals surface area contributed by atoms with Crippen LogP contribution in [-0.4, -0.2) is 33.9 Å². The summed E-state index contributed by atoms with van der Waals surface area (Å²) in [6, 6.07) is 12.5. The Morgan fingerprint density at radius 3 is 2.61 bits per heavy atom. The van der Waals surface area contributed by atoms with Crippen LogP contribution in [0.15, 0.2) is 48.7 Å². The van der Waals surface area contributed by atoms with E-state index in [4.69, 9.17) is 11.6 Å². The summed E-state index contributed by atoms with van der Waals surface area (Å²) in [6.07, 6.45) is 1.74. The Bertz CT molecular complexity index is 978. The van der Waals surface area contributed by atoms with E-state index in [9.17, 15) is 4.79 Å². The van der Waals surface area contributed by atoms with Gasteiger partial charge in [0.25, 0.3) is 5.91 Å². The Morgan fingerprint density at radius 2 is 1.82 bits per heavy atom. The van der Waals surface area contributed by atoms with Gasteiger partial charge in [0.1, 0.15) is 23.3 Å². The summed E-state index contributed by atoms with van der Waals surface area (Å²) in [5.41, 5.74) is 1.64. The lowest BCUT2D eigenvalue weighted by molar-refractivity contribution is 0.0955. The molecule has 28 heavy (non-hydrogen) atoms. The van der Waals surface area contributed by atoms with Crippen molar-refractivity contribution in [2.24, 2.45) is 0 Å². The van der Waals surface area contributed by atoms with E-state index in [1.54, 1.807) is 36.5 Å². The monoisotopic (exact) mass is 396 g/mol. The highest BCUT2D eigenvalue weighted by Gasteiger charge is 2.06. The third kappa shape index (κ3) is 5.65. The van der Waals surface area contributed by atoms with Gasteiger partial charge in [0.2, 0.25) is 0 Å². The van der Waals surface area contributed by atoms with Gasteiger partial charge in [0, 0.05) is 35.9 Å². The van der Waals surface area contributed by atoms with E-state index in [1.165, 1.54) is 0 Å². The SMILES string of the molecule is Cc1ccnc(Nc2cc(NCCNC(=O)c3cccc(Cl)c3)nc(C)n2)c1. The van der Waals surface area contributed by atoms with Gasteiger partial charge < -0.3 is 16.0 Å². The van der Waals surface area contributed by atoms with Gasteiger partial charge >= 0.3 is 0 Å². The van der Waals surface area contributed by atoms with Crippen molar-refractivity contribution >= 4 is 35.0 Å². The molecule has 0 aliphatic rings. The van der Waals surface area contributed by atoms with E-state index < -0.39 is 0 Å². The Balaban J connectivity index is 1.54. The van der Waals surface area contributed by atoms with Crippen molar-refractivity contribution in [2.45, 2.75) is 13.8 Å². The van der Waals surface area contributed by atoms with E-state index >= 15 is 0 Å². The molecule has 2 heterocycles. The van der Waals surface area contributed by atoms with Crippen molar-refractivity contribution in [3.63, 3.8) is 0 Å². The number of hydrogen-bond donors (Lipinski definition) is 3. The standard InChI is InChI=1S/C20H21ClN6O/c1-13-6-7-22-17(10-13)27-19-12-18(25-14(2)26-19)23-8-9-24-20(28)15-4-3-5-16(21)11-15/h3-7,10-12H,8-9H2,1-2H3,(H,24,28)(H2,22,23,25,26,27). The summed E-state index contributed by atoms with van der Waals surface area (Å²) >= 11 is 5.91. The summed E-state index contributed by atoms with van der Waals surface area (Å²) in [6.45, 7) is 4.78. The molecule has 0 radical (unpaired) electrons. The number of aromatic nitrogens is 3. The second kappa shape index (κ2) is 9.14. The molecule has 0 unspecified atom stereocenters. The first-order valence-electron chi connectivity index (χ1n) is 8.82. The average molecular weight is 397 g/mol. The van der Waals surface area contributed by atoms with Crippen LogP contribution in [0.2, 0.25) is 5.02 Å². The van der Waals surface area contributed by atoms with Gasteiger partial charge in [-0.2, -0.15) is 0 Å². The molecule has 1 amide bonds. The van der Waals surface area contributed by atoms with E-state index in [2.05, 4.69) is 30.9 Å². The van der Waals surface area contributed by atoms with E-state index in [0.29, 0.717) is 41.1 Å². The number of carbonyl (C=O) groups excluding carboxylic acids is 1. The van der Waals surface area contributed by atoms with Crippen LogP contribution < -0.4 is 16.0 Å². The van der Waals surface area contributed by atoms with Crippen LogP contribution in [0.25, 0.3) is 0 Å². The zero-order valence-corrected chi connectivity index (χ0v) is 16.4. The molecule has 0 atom stereocenters. The number of nitrogens with zero attached hydrogens (tertiary/aromatic N) is 3. The van der Waals surface area contributed by atoms with Crippen LogP contribution >= 0.6 is 11.6 Å². The van der Waals surface area contributed by atoms with Crippen molar-refractivity contribution in [3.8, 4) is 0 Å². The summed E-state index contributed by atoms with van der Waals surface area (Å²) < 4.78 is 0. The number of hydrogen-bond acceptors (Lipinski definition) is 6. The fourth-order valence-electron chi connectivity index (χ4n) is 2.56. The first kappa shape index (κ1) is 19.6. The average Bonchev–Trinajstić information content (AvgIpc) is 2.64. The Morgan fingerprint density at radius 1 is 1.00 bits per heavy atom. The number of amides is 1. The van der Waals surface area contributed by atoms with Gasteiger partial charge in [-0.25, -0.2) is 15.0 Å². The smallest absolute Gasteiger partial charge is 0.251 e. The zero-order chi connectivity index (χ0) is 19.9. The molecule has 0 spiro atoms. The van der Waals surface area contributed by atoms with Crippen molar-refractivity contribution in [1.82, 2.24) is 20.3 Å². The molecule has 3 aromatic rings. The number of nitrogens with one attached hydrogen (secondary N) is 3. The maximum absolute atomic E-state index is 12.1. The number of carbonyl (C=O) groups is 1. The lowest BCUT2D eigenvalue weighted by atomic mass is 10.2. The lowest BCUT2D eigenvalue weighted by Crippen LogP contribution is -2.28. The molecule has 7 nitrogen and oxygen atoms in total. The summed E-state index contributed by atoms with van der Waals surface area (Å²) in [5, 5.41) is 9.74. The van der Waals surface area contributed by atoms with Crippen LogP contribution in [0.4, 0.5) is 17.5 Å². The van der Waals surface area contributed by atoms with Crippen molar-refractivity contribution in [3.05, 3.63) is 70.6 Å². The quantitative estimate of drug-likeness (QED) is 0.527. The number of pyridine rings is 1. The Hall–Kier alpha value is -3.19. The molecule has 1 aromatic carbocycles. The zero-order valence-electron chi connectivity index (χ0n) is 15.7. The Labute approximate surface area is 168 Å². The van der Waals surface area contributed by atoms with Crippen molar-refractivity contribution in [1.29, 1.82) is 0 Å². The van der Waals surface area contributed by atoms with E-state index in [0.717, 1.165) is 11.4 Å². The van der Waals surface area contributed by atoms with Gasteiger partial charge in [0.15, 0.2) is 0 Å². The normalized spacial score (nSPS) is 10.4. The highest BCUT2D eigenvalue weighted by Crippen LogP contribution is 2.16. The molecule has 0 saturated heterocycles. The molecule has 144 valence electrons. The van der Waals surface area contributed by atoms with Gasteiger partial charge in [-0.05, 0) is 49.7 Å². The minimum Gasteiger partial charge on any atom is -0.368 e. The largest absolute Gasteiger partial charge is 0.368 e. The molecule has 0 bridgehead atoms. The third-order valence-electron chi connectivity index (χ3n) is 3.81. The predicted octanol–water partition coefficient (Wildman–Crippen LogP) is 3.73. The van der Waals surface area contributed by atoms with Crippen molar-refractivity contribution in [2.75, 3.05) is 23.7 Å². The number of halogens is 1. The molecular weight excluding hydrogens is 376 g/mol. The summed E-state index contributed by atoms with van der Waals surface area (Å²) in [7, 11) is 0. The highest BCUT2D eigenvalue weighted by molar-refractivity contribution is 6.30. The van der Waals surface area contributed by atoms with Crippen LogP contribution in [0.1, 0.15) is 21.7 Å². The maximum atomic E-state index is 12.1. The fraction of sp³-hybridized carbons (Fsp3) is 0.200. The third-order valence-corrected chi connectivity index (χ3v) is 4.05. The van der Waals surface area contributed by atoms with Gasteiger partial charge in [0.05, 0.1) is 0 Å².